The summed E-state index contributed by atoms with van der Waals surface area (Å²) in [4.78, 5) is 19.0. The van der Waals surface area contributed by atoms with E-state index in [4.69, 9.17) is 0 Å². The molecular weight excluding hydrogens is 196 g/mol. The highest BCUT2D eigenvalue weighted by Gasteiger charge is 2.36. The smallest absolute Gasteiger partial charge is 0.277 e. The third-order valence-electron chi connectivity index (χ3n) is 2.85. The second-order valence-electron chi connectivity index (χ2n) is 3.76. The molecule has 0 aromatic carbocycles. The molecule has 1 atom stereocenters. The molecule has 0 saturated carbocycles. The molecule has 2 rings (SSSR count). The van der Waals surface area contributed by atoms with Gasteiger partial charge in [-0.15, -0.1) is 0 Å². The molecule has 0 saturated heterocycles. The number of aromatic nitrogens is 2. The molecular formula is C9H14N4O2. The number of aryl methyl sites for hydroxylation is 1. The number of aliphatic hydroxyl groups excluding tert-OH is 1. The summed E-state index contributed by atoms with van der Waals surface area (Å²) in [6, 6.07) is 0. The van der Waals surface area contributed by atoms with E-state index < -0.39 is 6.35 Å². The normalized spacial score (nSPS) is 20.9. The van der Waals surface area contributed by atoms with Gasteiger partial charge in [-0.1, -0.05) is 0 Å². The maximum absolute atomic E-state index is 11.9. The number of anilines is 1. The SMILES string of the molecule is Cc1nc2c(n1C)C(=O)N(C)C(O)N2C. The molecule has 1 aromatic heterocycles. The summed E-state index contributed by atoms with van der Waals surface area (Å²) in [6.45, 7) is 1.83. The van der Waals surface area contributed by atoms with Gasteiger partial charge in [0, 0.05) is 21.1 Å². The van der Waals surface area contributed by atoms with Crippen molar-refractivity contribution in [2.24, 2.45) is 7.05 Å². The second-order valence-corrected chi connectivity index (χ2v) is 3.76. The van der Waals surface area contributed by atoms with Gasteiger partial charge in [-0.2, -0.15) is 0 Å². The highest BCUT2D eigenvalue weighted by atomic mass is 16.3. The van der Waals surface area contributed by atoms with Gasteiger partial charge in [0.05, 0.1) is 0 Å². The molecule has 1 N–H and O–H groups in total. The van der Waals surface area contributed by atoms with Crippen molar-refractivity contribution in [2.75, 3.05) is 19.0 Å². The molecule has 15 heavy (non-hydrogen) atoms. The summed E-state index contributed by atoms with van der Waals surface area (Å²) in [5, 5.41) is 9.75. The van der Waals surface area contributed by atoms with Crippen molar-refractivity contribution in [2.45, 2.75) is 13.3 Å². The third kappa shape index (κ3) is 1.14. The minimum atomic E-state index is -0.945. The molecule has 0 aliphatic carbocycles. The average molecular weight is 210 g/mol. The number of carbonyl (C=O) groups is 1. The number of fused-ring (bicyclic) bond motifs is 1. The van der Waals surface area contributed by atoms with Crippen LogP contribution in [-0.2, 0) is 7.05 Å². The Morgan fingerprint density at radius 3 is 2.47 bits per heavy atom. The van der Waals surface area contributed by atoms with Gasteiger partial charge in [0.15, 0.2) is 11.5 Å². The summed E-state index contributed by atoms with van der Waals surface area (Å²) in [6.07, 6.45) is -0.945. The van der Waals surface area contributed by atoms with E-state index in [0.717, 1.165) is 5.82 Å². The molecule has 2 heterocycles. The van der Waals surface area contributed by atoms with Crippen LogP contribution in [0, 0.1) is 6.92 Å². The van der Waals surface area contributed by atoms with Gasteiger partial charge in [-0.3, -0.25) is 9.69 Å². The van der Waals surface area contributed by atoms with Crippen LogP contribution in [0.25, 0.3) is 0 Å². The Morgan fingerprint density at radius 2 is 1.87 bits per heavy atom. The van der Waals surface area contributed by atoms with E-state index in [2.05, 4.69) is 4.98 Å². The van der Waals surface area contributed by atoms with Crippen LogP contribution >= 0.6 is 0 Å². The van der Waals surface area contributed by atoms with Gasteiger partial charge in [-0.05, 0) is 6.92 Å². The van der Waals surface area contributed by atoms with Crippen molar-refractivity contribution >= 4 is 11.7 Å². The number of nitrogens with zero attached hydrogens (tertiary/aromatic N) is 4. The van der Waals surface area contributed by atoms with E-state index in [1.807, 2.05) is 6.92 Å². The lowest BCUT2D eigenvalue weighted by Gasteiger charge is -2.36. The number of carbonyl (C=O) groups excluding carboxylic acids is 1. The van der Waals surface area contributed by atoms with E-state index in [1.54, 1.807) is 30.6 Å². The standard InChI is InChI=1S/C9H14N4O2/c1-5-10-7-6(11(5)2)8(14)13(4)9(15)12(7)3/h9,15H,1-4H3. The van der Waals surface area contributed by atoms with E-state index >= 15 is 0 Å². The van der Waals surface area contributed by atoms with Crippen molar-refractivity contribution in [1.82, 2.24) is 14.5 Å². The molecule has 1 aliphatic heterocycles. The van der Waals surface area contributed by atoms with E-state index in [1.165, 1.54) is 4.90 Å². The van der Waals surface area contributed by atoms with Crippen molar-refractivity contribution in [3.63, 3.8) is 0 Å². The molecule has 0 bridgehead atoms. The van der Waals surface area contributed by atoms with Gasteiger partial charge in [-0.25, -0.2) is 4.98 Å². The summed E-state index contributed by atoms with van der Waals surface area (Å²) in [5.41, 5.74) is 0.516. The van der Waals surface area contributed by atoms with Crippen molar-refractivity contribution in [1.29, 1.82) is 0 Å². The number of aliphatic hydroxyl groups is 1. The Morgan fingerprint density at radius 1 is 1.27 bits per heavy atom. The van der Waals surface area contributed by atoms with E-state index in [9.17, 15) is 9.90 Å². The minimum absolute atomic E-state index is 0.210. The first kappa shape index (κ1) is 9.97. The number of rotatable bonds is 0. The lowest BCUT2D eigenvalue weighted by Crippen LogP contribution is -2.52. The number of imidazole rings is 1. The monoisotopic (exact) mass is 210 g/mol. The molecule has 1 aliphatic rings. The van der Waals surface area contributed by atoms with Gasteiger partial charge in [0.1, 0.15) is 5.82 Å². The lowest BCUT2D eigenvalue weighted by atomic mass is 10.3. The summed E-state index contributed by atoms with van der Waals surface area (Å²) < 4.78 is 1.73. The summed E-state index contributed by atoms with van der Waals surface area (Å²) >= 11 is 0. The maximum Gasteiger partial charge on any atom is 0.277 e. The Hall–Kier alpha value is -1.56. The van der Waals surface area contributed by atoms with Gasteiger partial charge in [0.25, 0.3) is 5.91 Å². The number of hydrogen-bond donors (Lipinski definition) is 1. The number of amides is 1. The van der Waals surface area contributed by atoms with Crippen LogP contribution < -0.4 is 4.90 Å². The molecule has 1 amide bonds. The zero-order chi connectivity index (χ0) is 11.3. The maximum atomic E-state index is 11.9. The fraction of sp³-hybridized carbons (Fsp3) is 0.556. The lowest BCUT2D eigenvalue weighted by molar-refractivity contribution is 0.0153. The van der Waals surface area contributed by atoms with Gasteiger partial charge >= 0.3 is 0 Å². The molecule has 0 fully saturated rings. The first-order valence-corrected chi connectivity index (χ1v) is 4.66. The Balaban J connectivity index is 2.64. The van der Waals surface area contributed by atoms with Crippen LogP contribution in [0.2, 0.25) is 0 Å². The molecule has 82 valence electrons. The minimum Gasteiger partial charge on any atom is -0.356 e. The fourth-order valence-corrected chi connectivity index (χ4v) is 1.72. The largest absolute Gasteiger partial charge is 0.356 e. The van der Waals surface area contributed by atoms with Crippen LogP contribution in [0.5, 0.6) is 0 Å². The highest BCUT2D eigenvalue weighted by molar-refractivity contribution is 5.99. The van der Waals surface area contributed by atoms with Gasteiger partial charge in [0.2, 0.25) is 6.35 Å². The van der Waals surface area contributed by atoms with E-state index in [-0.39, 0.29) is 5.91 Å². The molecule has 0 spiro atoms. The first-order chi connectivity index (χ1) is 6.95. The van der Waals surface area contributed by atoms with E-state index in [0.29, 0.717) is 11.5 Å². The Bertz CT molecular complexity index is 426. The number of hydrogen-bond acceptors (Lipinski definition) is 4. The molecule has 1 aromatic rings. The van der Waals surface area contributed by atoms with Crippen LogP contribution in [0.15, 0.2) is 0 Å². The Kier molecular flexibility index (Phi) is 1.97. The van der Waals surface area contributed by atoms with Gasteiger partial charge < -0.3 is 14.6 Å². The topological polar surface area (TPSA) is 61.6 Å². The molecule has 6 heteroatoms. The molecule has 1 unspecified atom stereocenters. The molecule has 0 radical (unpaired) electrons. The fourth-order valence-electron chi connectivity index (χ4n) is 1.72. The quantitative estimate of drug-likeness (QED) is 0.628. The van der Waals surface area contributed by atoms with Crippen molar-refractivity contribution in [3.05, 3.63) is 11.5 Å². The van der Waals surface area contributed by atoms with Crippen molar-refractivity contribution in [3.8, 4) is 0 Å². The summed E-state index contributed by atoms with van der Waals surface area (Å²) in [5.74, 6) is 1.08. The summed E-state index contributed by atoms with van der Waals surface area (Å²) in [7, 11) is 5.06. The predicted octanol–water partition coefficient (Wildman–Crippen LogP) is -0.474. The van der Waals surface area contributed by atoms with Crippen LogP contribution in [-0.4, -0.2) is 45.9 Å². The zero-order valence-electron chi connectivity index (χ0n) is 9.22. The highest BCUT2D eigenvalue weighted by Crippen LogP contribution is 2.27. The van der Waals surface area contributed by atoms with Crippen molar-refractivity contribution < 1.29 is 9.90 Å². The second kappa shape index (κ2) is 2.96. The third-order valence-corrected chi connectivity index (χ3v) is 2.85. The van der Waals surface area contributed by atoms with Crippen LogP contribution in [0.1, 0.15) is 16.3 Å². The molecule has 6 nitrogen and oxygen atoms in total. The van der Waals surface area contributed by atoms with Crippen LogP contribution in [0.3, 0.4) is 0 Å². The predicted molar refractivity (Wildman–Crippen MR) is 54.4 cm³/mol. The average Bonchev–Trinajstić information content (AvgIpc) is 2.50. The first-order valence-electron chi connectivity index (χ1n) is 4.66. The van der Waals surface area contributed by atoms with Crippen LogP contribution in [0.4, 0.5) is 5.82 Å². The Labute approximate surface area is 87.7 Å². The zero-order valence-corrected chi connectivity index (χ0v) is 9.22.